The largest absolute Gasteiger partial charge is 0.480 e. The minimum absolute atomic E-state index is 0.0375. The molecule has 0 unspecified atom stereocenters. The highest BCUT2D eigenvalue weighted by atomic mass is 32.2. The third kappa shape index (κ3) is 3.89. The number of carbonyl (C=O) groups is 3. The standard InChI is InChI=1S/C12H19NO4S2/c1-7(5-18-8(2)14)10(15)13-9(11(16)17)6-19-12(13,3)4/h7,9H,5-6H2,1-4H3,(H,16,17)/t7-,9-/m0/s1. The van der Waals surface area contributed by atoms with Crippen molar-refractivity contribution in [2.75, 3.05) is 11.5 Å². The highest BCUT2D eigenvalue weighted by Gasteiger charge is 2.47. The van der Waals surface area contributed by atoms with E-state index in [9.17, 15) is 19.5 Å². The van der Waals surface area contributed by atoms with Gasteiger partial charge in [0.1, 0.15) is 6.04 Å². The predicted molar refractivity (Wildman–Crippen MR) is 77.1 cm³/mol. The van der Waals surface area contributed by atoms with Gasteiger partial charge in [-0.2, -0.15) is 0 Å². The van der Waals surface area contributed by atoms with Gasteiger partial charge in [-0.05, 0) is 13.8 Å². The van der Waals surface area contributed by atoms with Gasteiger partial charge in [-0.25, -0.2) is 4.79 Å². The monoisotopic (exact) mass is 305 g/mol. The van der Waals surface area contributed by atoms with Crippen LogP contribution in [-0.4, -0.2) is 49.4 Å². The topological polar surface area (TPSA) is 74.7 Å². The van der Waals surface area contributed by atoms with Crippen LogP contribution in [0.15, 0.2) is 0 Å². The Hall–Kier alpha value is -0.690. The lowest BCUT2D eigenvalue weighted by atomic mass is 10.1. The number of amides is 1. The van der Waals surface area contributed by atoms with Crippen molar-refractivity contribution in [2.45, 2.75) is 38.6 Å². The number of carboxylic acids is 1. The van der Waals surface area contributed by atoms with Crippen LogP contribution in [0.5, 0.6) is 0 Å². The van der Waals surface area contributed by atoms with Gasteiger partial charge in [0.15, 0.2) is 5.12 Å². The molecular formula is C12H19NO4S2. The summed E-state index contributed by atoms with van der Waals surface area (Å²) in [7, 11) is 0. The molecule has 1 saturated heterocycles. The van der Waals surface area contributed by atoms with Gasteiger partial charge in [-0.15, -0.1) is 11.8 Å². The Morgan fingerprint density at radius 1 is 1.47 bits per heavy atom. The maximum absolute atomic E-state index is 12.4. The molecule has 0 aromatic rings. The Labute approximate surface area is 121 Å². The summed E-state index contributed by atoms with van der Waals surface area (Å²) in [6.07, 6.45) is 0. The van der Waals surface area contributed by atoms with Gasteiger partial charge in [0.25, 0.3) is 0 Å². The van der Waals surface area contributed by atoms with E-state index in [4.69, 9.17) is 0 Å². The minimum atomic E-state index is -0.974. The van der Waals surface area contributed by atoms with E-state index in [2.05, 4.69) is 0 Å². The van der Waals surface area contributed by atoms with Crippen LogP contribution >= 0.6 is 23.5 Å². The van der Waals surface area contributed by atoms with Crippen molar-refractivity contribution in [3.8, 4) is 0 Å². The molecule has 7 heteroatoms. The molecule has 0 saturated carbocycles. The summed E-state index contributed by atoms with van der Waals surface area (Å²) in [5.74, 6) is -0.749. The first-order valence-electron chi connectivity index (χ1n) is 6.00. The molecule has 19 heavy (non-hydrogen) atoms. The fourth-order valence-corrected chi connectivity index (χ4v) is 3.79. The first-order chi connectivity index (χ1) is 8.66. The molecule has 0 radical (unpaired) electrons. The maximum Gasteiger partial charge on any atom is 0.327 e. The SMILES string of the molecule is CC(=O)SC[C@H](C)C(=O)N1[C@H](C(=O)O)CSC1(C)C. The van der Waals surface area contributed by atoms with Crippen LogP contribution < -0.4 is 0 Å². The molecule has 1 fully saturated rings. The average molecular weight is 305 g/mol. The Morgan fingerprint density at radius 3 is 2.53 bits per heavy atom. The van der Waals surface area contributed by atoms with Crippen molar-refractivity contribution in [3.63, 3.8) is 0 Å². The number of hydrogen-bond acceptors (Lipinski definition) is 5. The van der Waals surface area contributed by atoms with E-state index in [1.165, 1.54) is 23.6 Å². The molecule has 0 bridgehead atoms. The van der Waals surface area contributed by atoms with Crippen LogP contribution in [0.1, 0.15) is 27.7 Å². The van der Waals surface area contributed by atoms with Crippen molar-refractivity contribution >= 4 is 40.5 Å². The molecular weight excluding hydrogens is 286 g/mol. The van der Waals surface area contributed by atoms with E-state index in [1.807, 2.05) is 13.8 Å². The highest BCUT2D eigenvalue weighted by Crippen LogP contribution is 2.40. The Morgan fingerprint density at radius 2 is 2.05 bits per heavy atom. The van der Waals surface area contributed by atoms with E-state index in [1.54, 1.807) is 6.92 Å². The lowest BCUT2D eigenvalue weighted by Gasteiger charge is -2.35. The molecule has 1 heterocycles. The minimum Gasteiger partial charge on any atom is -0.480 e. The van der Waals surface area contributed by atoms with Gasteiger partial charge in [0.05, 0.1) is 4.87 Å². The quantitative estimate of drug-likeness (QED) is 0.851. The Kier molecular flexibility index (Phi) is 5.32. The predicted octanol–water partition coefficient (Wildman–Crippen LogP) is 1.67. The number of carboxylic acid groups (broad SMARTS) is 1. The molecule has 5 nitrogen and oxygen atoms in total. The third-order valence-corrected chi connectivity index (χ3v) is 5.43. The fraction of sp³-hybridized carbons (Fsp3) is 0.750. The van der Waals surface area contributed by atoms with E-state index in [-0.39, 0.29) is 16.9 Å². The lowest BCUT2D eigenvalue weighted by Crippen LogP contribution is -2.52. The van der Waals surface area contributed by atoms with Crippen LogP contribution in [0.3, 0.4) is 0 Å². The van der Waals surface area contributed by atoms with Crippen molar-refractivity contribution < 1.29 is 19.5 Å². The van der Waals surface area contributed by atoms with E-state index >= 15 is 0 Å². The number of thioether (sulfide) groups is 2. The van der Waals surface area contributed by atoms with Crippen LogP contribution in [0.25, 0.3) is 0 Å². The zero-order valence-electron chi connectivity index (χ0n) is 11.5. The normalized spacial score (nSPS) is 23.2. The molecule has 1 aliphatic rings. The zero-order chi connectivity index (χ0) is 14.8. The molecule has 1 amide bonds. The molecule has 1 aliphatic heterocycles. The van der Waals surface area contributed by atoms with Crippen LogP contribution in [-0.2, 0) is 14.4 Å². The molecule has 1 rings (SSSR count). The summed E-state index contributed by atoms with van der Waals surface area (Å²) in [5, 5.41) is 9.16. The number of hydrogen-bond donors (Lipinski definition) is 1. The summed E-state index contributed by atoms with van der Waals surface area (Å²) in [5.41, 5.74) is 0. The fourth-order valence-electron chi connectivity index (χ4n) is 1.95. The van der Waals surface area contributed by atoms with Crippen molar-refractivity contribution in [3.05, 3.63) is 0 Å². The molecule has 2 atom stereocenters. The number of nitrogens with zero attached hydrogens (tertiary/aromatic N) is 1. The summed E-state index contributed by atoms with van der Waals surface area (Å²) in [6, 6.07) is -0.780. The summed E-state index contributed by atoms with van der Waals surface area (Å²) >= 11 is 2.56. The van der Waals surface area contributed by atoms with Gasteiger partial charge < -0.3 is 10.0 Å². The summed E-state index contributed by atoms with van der Waals surface area (Å²) in [4.78, 5) is 35.5. The second-order valence-corrected chi connectivity index (χ2v) is 7.84. The molecule has 108 valence electrons. The lowest BCUT2D eigenvalue weighted by molar-refractivity contribution is -0.152. The first kappa shape index (κ1) is 16.4. The average Bonchev–Trinajstić information content (AvgIpc) is 2.60. The Bertz CT molecular complexity index is 397. The van der Waals surface area contributed by atoms with E-state index in [0.717, 1.165) is 11.8 Å². The molecule has 0 aromatic heterocycles. The van der Waals surface area contributed by atoms with Gasteiger partial charge in [0, 0.05) is 24.3 Å². The van der Waals surface area contributed by atoms with Crippen LogP contribution in [0.2, 0.25) is 0 Å². The third-order valence-electron chi connectivity index (χ3n) is 2.97. The molecule has 0 aromatic carbocycles. The van der Waals surface area contributed by atoms with Crippen molar-refractivity contribution in [1.29, 1.82) is 0 Å². The van der Waals surface area contributed by atoms with Crippen LogP contribution in [0, 0.1) is 5.92 Å². The number of rotatable bonds is 4. The maximum atomic E-state index is 12.4. The summed E-state index contributed by atoms with van der Waals surface area (Å²) in [6.45, 7) is 6.89. The van der Waals surface area contributed by atoms with Gasteiger partial charge in [-0.1, -0.05) is 18.7 Å². The van der Waals surface area contributed by atoms with Gasteiger partial charge in [-0.3, -0.25) is 9.59 Å². The van der Waals surface area contributed by atoms with Gasteiger partial charge in [0.2, 0.25) is 5.91 Å². The van der Waals surface area contributed by atoms with Gasteiger partial charge >= 0.3 is 5.97 Å². The highest BCUT2D eigenvalue weighted by molar-refractivity contribution is 8.13. The van der Waals surface area contributed by atoms with Crippen molar-refractivity contribution in [2.24, 2.45) is 5.92 Å². The van der Waals surface area contributed by atoms with Crippen LogP contribution in [0.4, 0.5) is 0 Å². The smallest absolute Gasteiger partial charge is 0.327 e. The Balaban J connectivity index is 2.81. The molecule has 0 aliphatic carbocycles. The molecule has 1 N–H and O–H groups in total. The van der Waals surface area contributed by atoms with E-state index in [0.29, 0.717) is 11.5 Å². The number of aliphatic carboxylic acids is 1. The summed E-state index contributed by atoms with van der Waals surface area (Å²) < 4.78 is 0. The molecule has 0 spiro atoms. The van der Waals surface area contributed by atoms with Crippen molar-refractivity contribution in [1.82, 2.24) is 4.90 Å². The second kappa shape index (κ2) is 6.17. The zero-order valence-corrected chi connectivity index (χ0v) is 13.1. The second-order valence-electron chi connectivity index (χ2n) is 5.02. The van der Waals surface area contributed by atoms with E-state index < -0.39 is 16.9 Å². The first-order valence-corrected chi connectivity index (χ1v) is 7.97. The number of carbonyl (C=O) groups excluding carboxylic acids is 2.